The van der Waals surface area contributed by atoms with Crippen LogP contribution in [0.4, 0.5) is 0 Å². The van der Waals surface area contributed by atoms with Gasteiger partial charge in [-0.2, -0.15) is 0 Å². The minimum atomic E-state index is 0.0287. The number of rotatable bonds is 7. The molecular formula is C15H22N2O2. The second-order valence-electron chi connectivity index (χ2n) is 4.96. The zero-order valence-electron chi connectivity index (χ0n) is 11.4. The number of hydrogen-bond acceptors (Lipinski definition) is 3. The maximum atomic E-state index is 12.6. The average Bonchev–Trinajstić information content (AvgIpc) is 3.26. The van der Waals surface area contributed by atoms with Crippen LogP contribution >= 0.6 is 0 Å². The van der Waals surface area contributed by atoms with Crippen LogP contribution in [0.3, 0.4) is 0 Å². The first-order valence-electron chi connectivity index (χ1n) is 6.92. The summed E-state index contributed by atoms with van der Waals surface area (Å²) >= 11 is 0. The van der Waals surface area contributed by atoms with Gasteiger partial charge in [0, 0.05) is 18.2 Å². The van der Waals surface area contributed by atoms with Gasteiger partial charge in [0.15, 0.2) is 0 Å². The molecule has 1 aromatic rings. The maximum Gasteiger partial charge on any atom is 0.254 e. The molecule has 4 heteroatoms. The van der Waals surface area contributed by atoms with Crippen molar-refractivity contribution in [3.05, 3.63) is 35.4 Å². The molecule has 0 saturated heterocycles. The van der Waals surface area contributed by atoms with Crippen LogP contribution in [0.15, 0.2) is 24.3 Å². The molecule has 0 heterocycles. The van der Waals surface area contributed by atoms with E-state index in [1.807, 2.05) is 36.2 Å². The minimum Gasteiger partial charge on any atom is -0.395 e. The van der Waals surface area contributed by atoms with Gasteiger partial charge in [-0.05, 0) is 44.5 Å². The Balaban J connectivity index is 2.16. The third-order valence-corrected chi connectivity index (χ3v) is 3.48. The van der Waals surface area contributed by atoms with Crippen molar-refractivity contribution in [3.63, 3.8) is 0 Å². The fourth-order valence-corrected chi connectivity index (χ4v) is 2.31. The second-order valence-corrected chi connectivity index (χ2v) is 4.96. The van der Waals surface area contributed by atoms with Crippen LogP contribution in [0.5, 0.6) is 0 Å². The summed E-state index contributed by atoms with van der Waals surface area (Å²) < 4.78 is 0. The van der Waals surface area contributed by atoms with Crippen molar-refractivity contribution in [2.75, 3.05) is 26.7 Å². The van der Waals surface area contributed by atoms with Crippen molar-refractivity contribution in [2.45, 2.75) is 25.3 Å². The van der Waals surface area contributed by atoms with Crippen molar-refractivity contribution in [1.82, 2.24) is 10.2 Å². The van der Waals surface area contributed by atoms with Gasteiger partial charge in [0.1, 0.15) is 0 Å². The van der Waals surface area contributed by atoms with Crippen molar-refractivity contribution in [1.29, 1.82) is 0 Å². The van der Waals surface area contributed by atoms with Crippen molar-refractivity contribution in [3.8, 4) is 0 Å². The molecule has 1 amide bonds. The second kappa shape index (κ2) is 6.68. The number of hydrogen-bond donors (Lipinski definition) is 2. The SMILES string of the molecule is CNCCc1ccccc1C(=O)N(CCO)C1CC1. The summed E-state index contributed by atoms with van der Waals surface area (Å²) in [4.78, 5) is 14.4. The van der Waals surface area contributed by atoms with Gasteiger partial charge in [-0.1, -0.05) is 18.2 Å². The third kappa shape index (κ3) is 3.55. The monoisotopic (exact) mass is 262 g/mol. The third-order valence-electron chi connectivity index (χ3n) is 3.48. The van der Waals surface area contributed by atoms with Crippen molar-refractivity contribution in [2.24, 2.45) is 0 Å². The number of likely N-dealkylation sites (N-methyl/N-ethyl adjacent to an activating group) is 1. The zero-order valence-corrected chi connectivity index (χ0v) is 11.4. The van der Waals surface area contributed by atoms with E-state index < -0.39 is 0 Å². The van der Waals surface area contributed by atoms with E-state index in [1.54, 1.807) is 0 Å². The Bertz CT molecular complexity index is 430. The zero-order chi connectivity index (χ0) is 13.7. The Morgan fingerprint density at radius 3 is 2.79 bits per heavy atom. The molecule has 0 aliphatic heterocycles. The number of benzene rings is 1. The number of carbonyl (C=O) groups is 1. The maximum absolute atomic E-state index is 12.6. The van der Waals surface area contributed by atoms with E-state index in [4.69, 9.17) is 5.11 Å². The predicted octanol–water partition coefficient (Wildman–Crippen LogP) is 1.05. The van der Waals surface area contributed by atoms with Gasteiger partial charge in [0.25, 0.3) is 5.91 Å². The Hall–Kier alpha value is -1.39. The highest BCUT2D eigenvalue weighted by atomic mass is 16.3. The first kappa shape index (κ1) is 14.0. The molecule has 0 spiro atoms. The molecule has 0 bridgehead atoms. The minimum absolute atomic E-state index is 0.0287. The van der Waals surface area contributed by atoms with Crippen molar-refractivity contribution < 1.29 is 9.90 Å². The first-order valence-corrected chi connectivity index (χ1v) is 6.92. The van der Waals surface area contributed by atoms with Gasteiger partial charge >= 0.3 is 0 Å². The van der Waals surface area contributed by atoms with Gasteiger partial charge in [-0.15, -0.1) is 0 Å². The number of amides is 1. The molecule has 19 heavy (non-hydrogen) atoms. The summed E-state index contributed by atoms with van der Waals surface area (Å²) in [7, 11) is 1.91. The number of nitrogens with one attached hydrogen (secondary N) is 1. The Morgan fingerprint density at radius 2 is 2.16 bits per heavy atom. The fraction of sp³-hybridized carbons (Fsp3) is 0.533. The van der Waals surface area contributed by atoms with E-state index in [9.17, 15) is 4.79 Å². The van der Waals surface area contributed by atoms with E-state index >= 15 is 0 Å². The molecule has 0 unspecified atom stereocenters. The molecule has 1 saturated carbocycles. The summed E-state index contributed by atoms with van der Waals surface area (Å²) in [6, 6.07) is 8.10. The van der Waals surface area contributed by atoms with Gasteiger partial charge in [-0.25, -0.2) is 0 Å². The molecule has 4 nitrogen and oxygen atoms in total. The van der Waals surface area contributed by atoms with Crippen LogP contribution in [-0.2, 0) is 6.42 Å². The van der Waals surface area contributed by atoms with Crippen LogP contribution in [0.2, 0.25) is 0 Å². The molecule has 0 atom stereocenters. The standard InChI is InChI=1S/C15H22N2O2/c1-16-9-8-12-4-2-3-5-14(12)15(19)17(10-11-18)13-6-7-13/h2-5,13,16,18H,6-11H2,1H3. The molecular weight excluding hydrogens is 240 g/mol. The number of carbonyl (C=O) groups excluding carboxylic acids is 1. The lowest BCUT2D eigenvalue weighted by Gasteiger charge is -2.22. The number of aliphatic hydroxyl groups is 1. The van der Waals surface area contributed by atoms with E-state index in [0.29, 0.717) is 12.6 Å². The Morgan fingerprint density at radius 1 is 1.42 bits per heavy atom. The van der Waals surface area contributed by atoms with E-state index in [-0.39, 0.29) is 12.5 Å². The highest BCUT2D eigenvalue weighted by Crippen LogP contribution is 2.28. The molecule has 2 rings (SSSR count). The molecule has 0 radical (unpaired) electrons. The summed E-state index contributed by atoms with van der Waals surface area (Å²) in [5.41, 5.74) is 1.85. The summed E-state index contributed by atoms with van der Waals surface area (Å²) in [6.45, 7) is 1.32. The summed E-state index contributed by atoms with van der Waals surface area (Å²) in [5.74, 6) is 0.0586. The summed E-state index contributed by atoms with van der Waals surface area (Å²) in [6.07, 6.45) is 2.96. The quantitative estimate of drug-likeness (QED) is 0.772. The predicted molar refractivity (Wildman–Crippen MR) is 75.2 cm³/mol. The molecule has 1 aliphatic carbocycles. The molecule has 1 fully saturated rings. The van der Waals surface area contributed by atoms with Crippen LogP contribution in [0.25, 0.3) is 0 Å². The molecule has 2 N–H and O–H groups in total. The normalized spacial score (nSPS) is 14.4. The highest BCUT2D eigenvalue weighted by molar-refractivity contribution is 5.96. The van der Waals surface area contributed by atoms with Crippen LogP contribution in [-0.4, -0.2) is 48.7 Å². The molecule has 0 aromatic heterocycles. The Labute approximate surface area is 114 Å². The van der Waals surface area contributed by atoms with Gasteiger partial charge < -0.3 is 15.3 Å². The lowest BCUT2D eigenvalue weighted by molar-refractivity contribution is 0.0706. The lowest BCUT2D eigenvalue weighted by atomic mass is 10.0. The van der Waals surface area contributed by atoms with Gasteiger partial charge in [0.05, 0.1) is 6.61 Å². The lowest BCUT2D eigenvalue weighted by Crippen LogP contribution is -2.36. The summed E-state index contributed by atoms with van der Waals surface area (Å²) in [5, 5.41) is 12.2. The smallest absolute Gasteiger partial charge is 0.254 e. The highest BCUT2D eigenvalue weighted by Gasteiger charge is 2.33. The van der Waals surface area contributed by atoms with Crippen molar-refractivity contribution >= 4 is 5.91 Å². The van der Waals surface area contributed by atoms with Crippen LogP contribution in [0.1, 0.15) is 28.8 Å². The topological polar surface area (TPSA) is 52.6 Å². The average molecular weight is 262 g/mol. The van der Waals surface area contributed by atoms with Gasteiger partial charge in [0.2, 0.25) is 0 Å². The van der Waals surface area contributed by atoms with Crippen LogP contribution < -0.4 is 5.32 Å². The van der Waals surface area contributed by atoms with Gasteiger partial charge in [-0.3, -0.25) is 4.79 Å². The van der Waals surface area contributed by atoms with E-state index in [0.717, 1.165) is 36.9 Å². The largest absolute Gasteiger partial charge is 0.395 e. The van der Waals surface area contributed by atoms with Crippen LogP contribution in [0, 0.1) is 0 Å². The number of aliphatic hydroxyl groups excluding tert-OH is 1. The van der Waals surface area contributed by atoms with E-state index in [2.05, 4.69) is 5.32 Å². The van der Waals surface area contributed by atoms with E-state index in [1.165, 1.54) is 0 Å². The fourth-order valence-electron chi connectivity index (χ4n) is 2.31. The molecule has 1 aromatic carbocycles. The molecule has 104 valence electrons. The number of nitrogens with zero attached hydrogens (tertiary/aromatic N) is 1. The Kier molecular flexibility index (Phi) is 4.93. The molecule has 1 aliphatic rings. The first-order chi connectivity index (χ1) is 9.27.